The summed E-state index contributed by atoms with van der Waals surface area (Å²) >= 11 is 10.0. The molecule has 0 amide bonds. The van der Waals surface area contributed by atoms with Crippen LogP contribution in [0, 0.1) is 0 Å². The van der Waals surface area contributed by atoms with Crippen molar-refractivity contribution in [2.45, 2.75) is 0 Å². The lowest BCUT2D eigenvalue weighted by Crippen LogP contribution is -1.97. The fourth-order valence-corrected chi connectivity index (χ4v) is 1.16. The summed E-state index contributed by atoms with van der Waals surface area (Å²) in [5, 5.41) is 0. The average molecular weight is 233 g/mol. The molecule has 0 saturated carbocycles. The second-order valence-electron chi connectivity index (χ2n) is 2.36. The van der Waals surface area contributed by atoms with Gasteiger partial charge in [0, 0.05) is 6.07 Å². The van der Waals surface area contributed by atoms with Crippen LogP contribution >= 0.6 is 23.8 Å². The van der Waals surface area contributed by atoms with Crippen LogP contribution in [0.25, 0.3) is 0 Å². The Labute approximate surface area is 92.5 Å². The molecule has 3 nitrogen and oxygen atoms in total. The van der Waals surface area contributed by atoms with Gasteiger partial charge in [-0.2, -0.15) is 0 Å². The number of thiocarbonyl (C=S) groups is 1. The maximum atomic E-state index is 5.42. The SMILES string of the molecule is COc1ccc(OC(=S)Cl)cc1OC. The average Bonchev–Trinajstić information content (AvgIpc) is 2.16. The Morgan fingerprint density at radius 3 is 2.36 bits per heavy atom. The van der Waals surface area contributed by atoms with Crippen LogP contribution in [0.4, 0.5) is 0 Å². The van der Waals surface area contributed by atoms with Crippen LogP contribution in [0.15, 0.2) is 18.2 Å². The third-order valence-corrected chi connectivity index (χ3v) is 1.71. The molecule has 0 saturated heterocycles. The van der Waals surface area contributed by atoms with E-state index in [1.807, 2.05) is 0 Å². The molecule has 0 heterocycles. The first-order chi connectivity index (χ1) is 6.67. The van der Waals surface area contributed by atoms with Crippen molar-refractivity contribution in [3.8, 4) is 17.2 Å². The van der Waals surface area contributed by atoms with E-state index in [4.69, 9.17) is 25.8 Å². The summed E-state index contributed by atoms with van der Waals surface area (Å²) in [6.45, 7) is 0. The van der Waals surface area contributed by atoms with E-state index < -0.39 is 0 Å². The molecule has 1 rings (SSSR count). The summed E-state index contributed by atoms with van der Waals surface area (Å²) < 4.78 is 15.1. The molecule has 14 heavy (non-hydrogen) atoms. The number of hydrogen-bond acceptors (Lipinski definition) is 4. The maximum Gasteiger partial charge on any atom is 0.260 e. The van der Waals surface area contributed by atoms with E-state index >= 15 is 0 Å². The summed E-state index contributed by atoms with van der Waals surface area (Å²) in [6, 6.07) is 5.05. The monoisotopic (exact) mass is 232 g/mol. The van der Waals surface area contributed by atoms with E-state index in [2.05, 4.69) is 12.2 Å². The number of methoxy groups -OCH3 is 2. The molecular formula is C9H9ClO3S. The van der Waals surface area contributed by atoms with Gasteiger partial charge in [-0.25, -0.2) is 0 Å². The van der Waals surface area contributed by atoms with Gasteiger partial charge in [0.05, 0.1) is 14.2 Å². The minimum Gasteiger partial charge on any atom is -0.493 e. The molecule has 0 N–H and O–H groups in total. The molecule has 0 aliphatic heterocycles. The van der Waals surface area contributed by atoms with Gasteiger partial charge < -0.3 is 14.2 Å². The zero-order valence-corrected chi connectivity index (χ0v) is 9.32. The first kappa shape index (κ1) is 11.1. The van der Waals surface area contributed by atoms with Crippen LogP contribution in [0.2, 0.25) is 0 Å². The molecule has 0 unspecified atom stereocenters. The van der Waals surface area contributed by atoms with E-state index in [1.54, 1.807) is 32.4 Å². The lowest BCUT2D eigenvalue weighted by molar-refractivity contribution is 0.353. The van der Waals surface area contributed by atoms with Gasteiger partial charge in [-0.1, -0.05) is 0 Å². The third-order valence-electron chi connectivity index (χ3n) is 1.55. The van der Waals surface area contributed by atoms with Crippen LogP contribution in [-0.4, -0.2) is 18.7 Å². The van der Waals surface area contributed by atoms with E-state index in [-0.39, 0.29) is 4.51 Å². The quantitative estimate of drug-likeness (QED) is 0.592. The van der Waals surface area contributed by atoms with Crippen molar-refractivity contribution >= 4 is 28.3 Å². The highest BCUT2D eigenvalue weighted by Gasteiger charge is 2.05. The number of ether oxygens (including phenoxy) is 3. The summed E-state index contributed by atoms with van der Waals surface area (Å²) in [4.78, 5) is 0. The van der Waals surface area contributed by atoms with Gasteiger partial charge in [0.15, 0.2) is 11.5 Å². The number of rotatable bonds is 3. The Bertz CT molecular complexity index is 341. The smallest absolute Gasteiger partial charge is 0.260 e. The molecule has 5 heteroatoms. The highest BCUT2D eigenvalue weighted by molar-refractivity contribution is 7.82. The summed E-state index contributed by atoms with van der Waals surface area (Å²) in [7, 11) is 3.10. The van der Waals surface area contributed by atoms with Crippen molar-refractivity contribution in [3.05, 3.63) is 18.2 Å². The van der Waals surface area contributed by atoms with E-state index in [1.165, 1.54) is 0 Å². The molecule has 0 radical (unpaired) electrons. The lowest BCUT2D eigenvalue weighted by Gasteiger charge is -2.08. The predicted octanol–water partition coefficient (Wildman–Crippen LogP) is 2.61. The molecule has 1 aromatic carbocycles. The van der Waals surface area contributed by atoms with Crippen molar-refractivity contribution in [2.24, 2.45) is 0 Å². The second kappa shape index (κ2) is 5.02. The molecule has 76 valence electrons. The van der Waals surface area contributed by atoms with Gasteiger partial charge in [-0.05, 0) is 36.0 Å². The Hall–Kier alpha value is -1.00. The molecule has 0 spiro atoms. The molecule has 0 aliphatic carbocycles. The number of hydrogen-bond donors (Lipinski definition) is 0. The van der Waals surface area contributed by atoms with Crippen molar-refractivity contribution < 1.29 is 14.2 Å². The van der Waals surface area contributed by atoms with Crippen molar-refractivity contribution in [3.63, 3.8) is 0 Å². The first-order valence-corrected chi connectivity index (χ1v) is 4.55. The van der Waals surface area contributed by atoms with Gasteiger partial charge in [0.2, 0.25) is 0 Å². The van der Waals surface area contributed by atoms with Crippen molar-refractivity contribution in [2.75, 3.05) is 14.2 Å². The molecule has 0 atom stereocenters. The lowest BCUT2D eigenvalue weighted by atomic mass is 10.3. The standard InChI is InChI=1S/C9H9ClO3S/c1-11-7-4-3-6(13-9(10)14)5-8(7)12-2/h3-5H,1-2H3. The molecule has 1 aromatic rings. The van der Waals surface area contributed by atoms with E-state index in [0.29, 0.717) is 17.2 Å². The first-order valence-electron chi connectivity index (χ1n) is 3.76. The van der Waals surface area contributed by atoms with Gasteiger partial charge >= 0.3 is 0 Å². The number of halogens is 1. The maximum absolute atomic E-state index is 5.42. The summed E-state index contributed by atoms with van der Waals surface area (Å²) in [5.74, 6) is 1.71. The highest BCUT2D eigenvalue weighted by atomic mass is 35.5. The Morgan fingerprint density at radius 1 is 1.21 bits per heavy atom. The Morgan fingerprint density at radius 2 is 1.86 bits per heavy atom. The van der Waals surface area contributed by atoms with Crippen LogP contribution in [-0.2, 0) is 0 Å². The molecule has 0 aliphatic rings. The third kappa shape index (κ3) is 2.75. The van der Waals surface area contributed by atoms with Gasteiger partial charge in [-0.3, -0.25) is 0 Å². The fourth-order valence-electron chi connectivity index (χ4n) is 0.973. The molecule has 0 fully saturated rings. The van der Waals surface area contributed by atoms with Crippen molar-refractivity contribution in [1.29, 1.82) is 0 Å². The van der Waals surface area contributed by atoms with Crippen molar-refractivity contribution in [1.82, 2.24) is 0 Å². The normalized spacial score (nSPS) is 9.36. The summed E-state index contributed by atoms with van der Waals surface area (Å²) in [6.07, 6.45) is 0. The Balaban J connectivity index is 2.95. The van der Waals surface area contributed by atoms with Gasteiger partial charge in [-0.15, -0.1) is 0 Å². The van der Waals surface area contributed by atoms with Crippen LogP contribution in [0.3, 0.4) is 0 Å². The molecule has 0 aromatic heterocycles. The van der Waals surface area contributed by atoms with Gasteiger partial charge in [0.25, 0.3) is 4.51 Å². The zero-order chi connectivity index (χ0) is 10.6. The summed E-state index contributed by atoms with van der Waals surface area (Å²) in [5.41, 5.74) is 0. The second-order valence-corrected chi connectivity index (χ2v) is 3.29. The zero-order valence-electron chi connectivity index (χ0n) is 7.74. The minimum atomic E-state index is -0.0581. The molecule has 0 bridgehead atoms. The Kier molecular flexibility index (Phi) is 3.98. The highest BCUT2D eigenvalue weighted by Crippen LogP contribution is 2.30. The van der Waals surface area contributed by atoms with E-state index in [0.717, 1.165) is 0 Å². The molecular weight excluding hydrogens is 224 g/mol. The van der Waals surface area contributed by atoms with Crippen LogP contribution < -0.4 is 14.2 Å². The van der Waals surface area contributed by atoms with E-state index in [9.17, 15) is 0 Å². The predicted molar refractivity (Wildman–Crippen MR) is 58.6 cm³/mol. The topological polar surface area (TPSA) is 27.7 Å². The van der Waals surface area contributed by atoms with Gasteiger partial charge in [0.1, 0.15) is 5.75 Å². The fraction of sp³-hybridized carbons (Fsp3) is 0.222. The number of benzene rings is 1. The largest absolute Gasteiger partial charge is 0.493 e. The van der Waals surface area contributed by atoms with Crippen LogP contribution in [0.1, 0.15) is 0 Å². The van der Waals surface area contributed by atoms with Crippen LogP contribution in [0.5, 0.6) is 17.2 Å². The minimum absolute atomic E-state index is 0.0581.